The van der Waals surface area contributed by atoms with Gasteiger partial charge < -0.3 is 15.0 Å². The molecule has 1 aromatic heterocycles. The van der Waals surface area contributed by atoms with Crippen LogP contribution in [0.25, 0.3) is 0 Å². The van der Waals surface area contributed by atoms with Crippen molar-refractivity contribution in [3.8, 4) is 0 Å². The summed E-state index contributed by atoms with van der Waals surface area (Å²) in [5.74, 6) is 0.0641. The second kappa shape index (κ2) is 6.32. The zero-order valence-electron chi connectivity index (χ0n) is 12.8. The summed E-state index contributed by atoms with van der Waals surface area (Å²) < 4.78 is 5.47. The number of ether oxygens (including phenoxy) is 1. The highest BCUT2D eigenvalue weighted by molar-refractivity contribution is 5.88. The van der Waals surface area contributed by atoms with E-state index in [2.05, 4.69) is 46.5 Å². The largest absolute Gasteiger partial charge is 0.381 e. The van der Waals surface area contributed by atoms with Crippen molar-refractivity contribution < 1.29 is 9.53 Å². The lowest BCUT2D eigenvalue weighted by molar-refractivity contribution is -0.130. The maximum Gasteiger partial charge on any atom is 0.231 e. The molecule has 0 unspecified atom stereocenters. The van der Waals surface area contributed by atoms with Gasteiger partial charge in [0.2, 0.25) is 5.91 Å². The van der Waals surface area contributed by atoms with Crippen LogP contribution in [-0.4, -0.2) is 29.1 Å². The number of imidazole rings is 1. The number of aryl methyl sites for hydroxylation is 1. The fourth-order valence-corrected chi connectivity index (χ4v) is 2.97. The molecule has 2 heterocycles. The Balaban J connectivity index is 1.81. The molecule has 0 atom stereocenters. The minimum atomic E-state index is -0.494. The lowest BCUT2D eigenvalue weighted by Gasteiger charge is -2.36. The average molecular weight is 299 g/mol. The Hall–Kier alpha value is -2.14. The molecule has 0 saturated carbocycles. The van der Waals surface area contributed by atoms with Crippen molar-refractivity contribution in [1.29, 1.82) is 0 Å². The van der Waals surface area contributed by atoms with Crippen LogP contribution in [0.4, 0.5) is 0 Å². The zero-order chi connectivity index (χ0) is 15.4. The minimum Gasteiger partial charge on any atom is -0.381 e. The van der Waals surface area contributed by atoms with E-state index >= 15 is 0 Å². The van der Waals surface area contributed by atoms with Crippen molar-refractivity contribution in [1.82, 2.24) is 15.3 Å². The SMILES string of the molecule is Cc1ccc(C2(C(=O)NCc3cnc[nH]3)CCOCC2)cc1. The van der Waals surface area contributed by atoms with Crippen molar-refractivity contribution in [3.05, 3.63) is 53.6 Å². The van der Waals surface area contributed by atoms with E-state index in [1.165, 1.54) is 5.56 Å². The zero-order valence-corrected chi connectivity index (χ0v) is 12.8. The lowest BCUT2D eigenvalue weighted by atomic mass is 9.73. The number of aromatic nitrogens is 2. The summed E-state index contributed by atoms with van der Waals surface area (Å²) >= 11 is 0. The third-order valence-corrected chi connectivity index (χ3v) is 4.38. The molecule has 5 heteroatoms. The third kappa shape index (κ3) is 2.90. The van der Waals surface area contributed by atoms with Crippen molar-refractivity contribution in [2.45, 2.75) is 31.7 Å². The molecule has 1 aliphatic rings. The topological polar surface area (TPSA) is 67.0 Å². The van der Waals surface area contributed by atoms with Gasteiger partial charge in [-0.05, 0) is 25.3 Å². The molecule has 22 heavy (non-hydrogen) atoms. The summed E-state index contributed by atoms with van der Waals surface area (Å²) in [5, 5.41) is 3.04. The second-order valence-electron chi connectivity index (χ2n) is 5.82. The van der Waals surface area contributed by atoms with E-state index in [0.717, 1.165) is 11.3 Å². The minimum absolute atomic E-state index is 0.0641. The van der Waals surface area contributed by atoms with E-state index in [4.69, 9.17) is 4.74 Å². The number of carbonyl (C=O) groups excluding carboxylic acids is 1. The standard InChI is InChI=1S/C17H21N3O2/c1-13-2-4-14(5-3-13)17(6-8-22-9-7-17)16(21)19-11-15-10-18-12-20-15/h2-5,10,12H,6-9,11H2,1H3,(H,18,20)(H,19,21). The van der Waals surface area contributed by atoms with Gasteiger partial charge in [-0.1, -0.05) is 29.8 Å². The van der Waals surface area contributed by atoms with E-state index in [-0.39, 0.29) is 5.91 Å². The fraction of sp³-hybridized carbons (Fsp3) is 0.412. The van der Waals surface area contributed by atoms with Crippen LogP contribution in [0.1, 0.15) is 29.7 Å². The maximum absolute atomic E-state index is 12.9. The maximum atomic E-state index is 12.9. The first-order valence-corrected chi connectivity index (χ1v) is 7.61. The number of benzene rings is 1. The van der Waals surface area contributed by atoms with Crippen LogP contribution >= 0.6 is 0 Å². The summed E-state index contributed by atoms with van der Waals surface area (Å²) in [5.41, 5.74) is 2.68. The molecule has 0 radical (unpaired) electrons. The van der Waals surface area contributed by atoms with Gasteiger partial charge in [0.1, 0.15) is 0 Å². The molecular formula is C17H21N3O2. The average Bonchev–Trinajstić information content (AvgIpc) is 3.07. The summed E-state index contributed by atoms with van der Waals surface area (Å²) in [6, 6.07) is 8.26. The van der Waals surface area contributed by atoms with E-state index in [1.807, 2.05) is 0 Å². The number of aromatic amines is 1. The molecule has 1 fully saturated rings. The number of rotatable bonds is 4. The summed E-state index contributed by atoms with van der Waals surface area (Å²) in [7, 11) is 0. The van der Waals surface area contributed by atoms with Crippen LogP contribution < -0.4 is 5.32 Å². The number of hydrogen-bond acceptors (Lipinski definition) is 3. The molecule has 3 rings (SSSR count). The predicted octanol–water partition coefficient (Wildman–Crippen LogP) is 2.08. The Morgan fingerprint density at radius 2 is 2.05 bits per heavy atom. The van der Waals surface area contributed by atoms with Gasteiger partial charge in [0.25, 0.3) is 0 Å². The van der Waals surface area contributed by atoms with E-state index in [1.54, 1.807) is 12.5 Å². The molecule has 2 aromatic rings. The summed E-state index contributed by atoms with van der Waals surface area (Å²) in [4.78, 5) is 19.9. The number of hydrogen-bond donors (Lipinski definition) is 2. The van der Waals surface area contributed by atoms with Crippen molar-refractivity contribution in [2.75, 3.05) is 13.2 Å². The van der Waals surface area contributed by atoms with Crippen molar-refractivity contribution in [3.63, 3.8) is 0 Å². The molecule has 0 bridgehead atoms. The van der Waals surface area contributed by atoms with Gasteiger partial charge in [0.05, 0.1) is 24.0 Å². The van der Waals surface area contributed by atoms with Crippen LogP contribution in [0.3, 0.4) is 0 Å². The number of amides is 1. The molecule has 1 aromatic carbocycles. The highest BCUT2D eigenvalue weighted by Gasteiger charge is 2.41. The van der Waals surface area contributed by atoms with Crippen LogP contribution in [0, 0.1) is 6.92 Å². The van der Waals surface area contributed by atoms with Crippen LogP contribution in [0.5, 0.6) is 0 Å². The van der Waals surface area contributed by atoms with E-state index < -0.39 is 5.41 Å². The lowest BCUT2D eigenvalue weighted by Crippen LogP contribution is -2.47. The molecule has 116 valence electrons. The Bertz CT molecular complexity index is 614. The van der Waals surface area contributed by atoms with Crippen LogP contribution in [0.15, 0.2) is 36.8 Å². The van der Waals surface area contributed by atoms with E-state index in [9.17, 15) is 4.79 Å². The third-order valence-electron chi connectivity index (χ3n) is 4.38. The molecule has 1 amide bonds. The van der Waals surface area contributed by atoms with E-state index in [0.29, 0.717) is 32.6 Å². The predicted molar refractivity (Wildman–Crippen MR) is 83.3 cm³/mol. The number of carbonyl (C=O) groups is 1. The molecule has 0 aliphatic carbocycles. The van der Waals surface area contributed by atoms with Crippen molar-refractivity contribution in [2.24, 2.45) is 0 Å². The molecule has 2 N–H and O–H groups in total. The summed E-state index contributed by atoms with van der Waals surface area (Å²) in [6.45, 7) is 3.75. The van der Waals surface area contributed by atoms with Crippen LogP contribution in [-0.2, 0) is 21.5 Å². The number of nitrogens with one attached hydrogen (secondary N) is 2. The highest BCUT2D eigenvalue weighted by atomic mass is 16.5. The smallest absolute Gasteiger partial charge is 0.231 e. The number of H-pyrrole nitrogens is 1. The molecule has 1 saturated heterocycles. The first-order chi connectivity index (χ1) is 10.7. The van der Waals surface area contributed by atoms with Crippen LogP contribution in [0.2, 0.25) is 0 Å². The van der Waals surface area contributed by atoms with Gasteiger partial charge in [-0.2, -0.15) is 0 Å². The van der Waals surface area contributed by atoms with Gasteiger partial charge in [0, 0.05) is 19.4 Å². The highest BCUT2D eigenvalue weighted by Crippen LogP contribution is 2.35. The Morgan fingerprint density at radius 1 is 1.32 bits per heavy atom. The number of nitrogens with zero attached hydrogens (tertiary/aromatic N) is 1. The van der Waals surface area contributed by atoms with Gasteiger partial charge in [-0.25, -0.2) is 4.98 Å². The normalized spacial score (nSPS) is 17.1. The molecular weight excluding hydrogens is 278 g/mol. The fourth-order valence-electron chi connectivity index (χ4n) is 2.97. The Kier molecular flexibility index (Phi) is 4.24. The van der Waals surface area contributed by atoms with Gasteiger partial charge in [0.15, 0.2) is 0 Å². The Labute approximate surface area is 130 Å². The molecule has 1 aliphatic heterocycles. The van der Waals surface area contributed by atoms with Gasteiger partial charge in [-0.15, -0.1) is 0 Å². The van der Waals surface area contributed by atoms with Gasteiger partial charge >= 0.3 is 0 Å². The Morgan fingerprint density at radius 3 is 2.68 bits per heavy atom. The first kappa shape index (κ1) is 14.8. The molecule has 5 nitrogen and oxygen atoms in total. The quantitative estimate of drug-likeness (QED) is 0.908. The summed E-state index contributed by atoms with van der Waals surface area (Å²) in [6.07, 6.45) is 4.77. The molecule has 0 spiro atoms. The second-order valence-corrected chi connectivity index (χ2v) is 5.82. The monoisotopic (exact) mass is 299 g/mol. The van der Waals surface area contributed by atoms with Crippen molar-refractivity contribution >= 4 is 5.91 Å². The van der Waals surface area contributed by atoms with Gasteiger partial charge in [-0.3, -0.25) is 4.79 Å². The first-order valence-electron chi connectivity index (χ1n) is 7.61.